The second-order valence-corrected chi connectivity index (χ2v) is 8.03. The molecule has 0 unspecified atom stereocenters. The lowest BCUT2D eigenvalue weighted by Gasteiger charge is -2.20. The third kappa shape index (κ3) is 5.18. The lowest BCUT2D eigenvalue weighted by molar-refractivity contribution is -0.116. The van der Waals surface area contributed by atoms with E-state index in [2.05, 4.69) is 15.6 Å². The first-order valence-electron chi connectivity index (χ1n) is 8.07. The Bertz CT molecular complexity index is 929. The second kappa shape index (κ2) is 10.1. The van der Waals surface area contributed by atoms with Crippen molar-refractivity contribution in [2.24, 2.45) is 0 Å². The van der Waals surface area contributed by atoms with Crippen LogP contribution in [-0.4, -0.2) is 43.8 Å². The van der Waals surface area contributed by atoms with Crippen molar-refractivity contribution in [3.63, 3.8) is 0 Å². The van der Waals surface area contributed by atoms with Gasteiger partial charge in [-0.25, -0.2) is 12.8 Å². The maximum atomic E-state index is 14.6. The molecule has 2 N–H and O–H groups in total. The van der Waals surface area contributed by atoms with Gasteiger partial charge in [0, 0.05) is 26.0 Å². The largest absolute Gasteiger partial charge is 0.322 e. The highest BCUT2D eigenvalue weighted by Crippen LogP contribution is 2.24. The second-order valence-electron chi connectivity index (χ2n) is 5.99. The summed E-state index contributed by atoms with van der Waals surface area (Å²) in [7, 11) is -2.55. The molecule has 0 saturated heterocycles. The molecule has 2 aromatic rings. The number of amides is 1. The zero-order valence-electron chi connectivity index (χ0n) is 15.0. The number of fused-ring (bicyclic) bond motifs is 1. The smallest absolute Gasteiger partial charge is 0.244 e. The molecule has 1 aliphatic heterocycles. The first-order valence-corrected chi connectivity index (χ1v) is 9.51. The highest BCUT2D eigenvalue weighted by Gasteiger charge is 2.24. The van der Waals surface area contributed by atoms with E-state index >= 15 is 0 Å². The number of likely N-dealkylation sites (N-methyl/N-ethyl adjacent to an activating group) is 1. The van der Waals surface area contributed by atoms with Crippen LogP contribution in [-0.2, 0) is 27.8 Å². The summed E-state index contributed by atoms with van der Waals surface area (Å²) in [6.07, 6.45) is 3.21. The molecule has 0 atom stereocenters. The van der Waals surface area contributed by atoms with E-state index in [-0.39, 0.29) is 35.4 Å². The monoisotopic (exact) mass is 450 g/mol. The molecule has 154 valence electrons. The Morgan fingerprint density at radius 2 is 2.07 bits per heavy atom. The van der Waals surface area contributed by atoms with Crippen LogP contribution in [0.25, 0.3) is 0 Å². The van der Waals surface area contributed by atoms with Crippen LogP contribution in [0.2, 0.25) is 0 Å². The highest BCUT2D eigenvalue weighted by molar-refractivity contribution is 7.89. The summed E-state index contributed by atoms with van der Waals surface area (Å²) in [4.78, 5) is 16.0. The Balaban J connectivity index is 0.00000196. The van der Waals surface area contributed by atoms with E-state index in [9.17, 15) is 17.6 Å². The van der Waals surface area contributed by atoms with Crippen LogP contribution in [0.4, 0.5) is 10.1 Å². The number of anilines is 1. The number of aromatic nitrogens is 1. The number of benzene rings is 1. The third-order valence-corrected chi connectivity index (χ3v) is 5.98. The lowest BCUT2D eigenvalue weighted by atomic mass is 9.99. The van der Waals surface area contributed by atoms with Crippen LogP contribution in [0.15, 0.2) is 41.6 Å². The molecule has 0 spiro atoms. The predicted octanol–water partition coefficient (Wildman–Crippen LogP) is 1.97. The number of halogens is 3. The molecular formula is C17H21Cl2FN4O3S. The maximum Gasteiger partial charge on any atom is 0.244 e. The summed E-state index contributed by atoms with van der Waals surface area (Å²) in [5.41, 5.74) is 1.50. The van der Waals surface area contributed by atoms with Crippen molar-refractivity contribution in [1.82, 2.24) is 14.6 Å². The van der Waals surface area contributed by atoms with Crippen LogP contribution in [0.1, 0.15) is 11.1 Å². The fourth-order valence-corrected chi connectivity index (χ4v) is 3.88. The van der Waals surface area contributed by atoms with E-state index < -0.39 is 28.3 Å². The molecule has 3 rings (SSSR count). The number of pyridine rings is 1. The molecule has 1 amide bonds. The number of rotatable bonds is 5. The standard InChI is InChI=1S/C17H19FN4O3S.2ClH/c1-22(26(24,25)13-3-2-7-19-10-13)11-16(23)21-15-5-4-12-9-20-8-6-14(12)17(15)18;;/h2-5,7,10,20H,6,8-9,11H2,1H3,(H,21,23);2*1H. The maximum absolute atomic E-state index is 14.6. The minimum absolute atomic E-state index is 0. The van der Waals surface area contributed by atoms with Crippen molar-refractivity contribution >= 4 is 46.4 Å². The zero-order chi connectivity index (χ0) is 18.7. The van der Waals surface area contributed by atoms with Gasteiger partial charge in [0.15, 0.2) is 0 Å². The van der Waals surface area contributed by atoms with Gasteiger partial charge in [0.25, 0.3) is 0 Å². The van der Waals surface area contributed by atoms with Crippen molar-refractivity contribution in [3.05, 3.63) is 53.6 Å². The summed E-state index contributed by atoms with van der Waals surface area (Å²) in [5, 5.41) is 5.61. The van der Waals surface area contributed by atoms with Crippen LogP contribution >= 0.6 is 24.8 Å². The summed E-state index contributed by atoms with van der Waals surface area (Å²) in [6.45, 7) is 0.829. The molecule has 2 heterocycles. The number of hydrogen-bond donors (Lipinski definition) is 2. The van der Waals surface area contributed by atoms with Crippen molar-refractivity contribution in [1.29, 1.82) is 0 Å². The van der Waals surface area contributed by atoms with Crippen molar-refractivity contribution < 1.29 is 17.6 Å². The topological polar surface area (TPSA) is 91.4 Å². The van der Waals surface area contributed by atoms with Gasteiger partial charge in [0.1, 0.15) is 10.7 Å². The quantitative estimate of drug-likeness (QED) is 0.726. The Hall–Kier alpha value is -1.78. The molecule has 28 heavy (non-hydrogen) atoms. The number of carbonyl (C=O) groups excluding carboxylic acids is 1. The van der Waals surface area contributed by atoms with E-state index in [0.717, 1.165) is 9.87 Å². The number of nitrogens with zero attached hydrogens (tertiary/aromatic N) is 2. The van der Waals surface area contributed by atoms with Crippen LogP contribution < -0.4 is 10.6 Å². The van der Waals surface area contributed by atoms with E-state index in [4.69, 9.17) is 0 Å². The molecule has 1 aliphatic rings. The zero-order valence-corrected chi connectivity index (χ0v) is 17.5. The lowest BCUT2D eigenvalue weighted by Crippen LogP contribution is -2.35. The first kappa shape index (κ1) is 24.3. The average molecular weight is 451 g/mol. The molecular weight excluding hydrogens is 430 g/mol. The van der Waals surface area contributed by atoms with Crippen molar-refractivity contribution in [2.45, 2.75) is 17.9 Å². The molecule has 0 saturated carbocycles. The van der Waals surface area contributed by atoms with Gasteiger partial charge >= 0.3 is 0 Å². The summed E-state index contributed by atoms with van der Waals surface area (Å²) in [5.74, 6) is -1.08. The Kier molecular flexibility index (Phi) is 8.77. The van der Waals surface area contributed by atoms with Gasteiger partial charge in [-0.3, -0.25) is 9.78 Å². The summed E-state index contributed by atoms with van der Waals surface area (Å²) in [6, 6.07) is 6.15. The van der Waals surface area contributed by atoms with Gasteiger partial charge in [-0.05, 0) is 42.3 Å². The van der Waals surface area contributed by atoms with Gasteiger partial charge < -0.3 is 10.6 Å². The Morgan fingerprint density at radius 1 is 1.32 bits per heavy atom. The van der Waals surface area contributed by atoms with Crippen LogP contribution in [0.5, 0.6) is 0 Å². The minimum Gasteiger partial charge on any atom is -0.322 e. The Morgan fingerprint density at radius 3 is 2.75 bits per heavy atom. The van der Waals surface area contributed by atoms with Crippen LogP contribution in [0.3, 0.4) is 0 Å². The molecule has 11 heteroatoms. The highest BCUT2D eigenvalue weighted by atomic mass is 35.5. The molecule has 1 aromatic heterocycles. The summed E-state index contributed by atoms with van der Waals surface area (Å²) >= 11 is 0. The minimum atomic E-state index is -3.84. The fourth-order valence-electron chi connectivity index (χ4n) is 2.79. The van der Waals surface area contributed by atoms with Gasteiger partial charge in [0.2, 0.25) is 15.9 Å². The molecule has 0 bridgehead atoms. The van der Waals surface area contributed by atoms with Crippen molar-refractivity contribution in [3.8, 4) is 0 Å². The van der Waals surface area contributed by atoms with E-state index in [0.29, 0.717) is 25.1 Å². The average Bonchev–Trinajstić information content (AvgIpc) is 2.65. The number of carbonyl (C=O) groups is 1. The SMILES string of the molecule is CN(CC(=O)Nc1ccc2c(c1F)CCNC2)S(=O)(=O)c1cccnc1.Cl.Cl. The van der Waals surface area contributed by atoms with E-state index in [1.165, 1.54) is 37.6 Å². The molecule has 0 fully saturated rings. The van der Waals surface area contributed by atoms with Crippen molar-refractivity contribution in [2.75, 3.05) is 25.5 Å². The van der Waals surface area contributed by atoms with Gasteiger partial charge in [-0.2, -0.15) is 4.31 Å². The molecule has 1 aromatic carbocycles. The number of hydrogen-bond acceptors (Lipinski definition) is 5. The van der Waals surface area contributed by atoms with Gasteiger partial charge in [-0.15, -0.1) is 24.8 Å². The Labute approximate surface area is 175 Å². The van der Waals surface area contributed by atoms with Gasteiger partial charge in [-0.1, -0.05) is 6.07 Å². The summed E-state index contributed by atoms with van der Waals surface area (Å²) < 4.78 is 40.3. The normalized spacial score (nSPS) is 13.1. The number of sulfonamides is 1. The predicted molar refractivity (Wildman–Crippen MR) is 109 cm³/mol. The fraction of sp³-hybridized carbons (Fsp3) is 0.294. The molecule has 0 radical (unpaired) electrons. The van der Waals surface area contributed by atoms with E-state index in [1.54, 1.807) is 6.07 Å². The van der Waals surface area contributed by atoms with Gasteiger partial charge in [0.05, 0.1) is 12.2 Å². The molecule has 0 aliphatic carbocycles. The molecule has 7 nitrogen and oxygen atoms in total. The third-order valence-electron chi connectivity index (χ3n) is 4.19. The number of nitrogens with one attached hydrogen (secondary N) is 2. The van der Waals surface area contributed by atoms with Crippen LogP contribution in [0, 0.1) is 5.82 Å². The first-order chi connectivity index (χ1) is 12.4. The van der Waals surface area contributed by atoms with E-state index in [1.807, 2.05) is 0 Å².